The predicted molar refractivity (Wildman–Crippen MR) is 96.1 cm³/mol. The maximum absolute atomic E-state index is 12.3. The second kappa shape index (κ2) is 8.62. The molecule has 0 unspecified atom stereocenters. The van der Waals surface area contributed by atoms with Crippen LogP contribution in [-0.4, -0.2) is 35.4 Å². The smallest absolute Gasteiger partial charge is 0.325 e. The Kier molecular flexibility index (Phi) is 6.52. The minimum absolute atomic E-state index is 0.242. The van der Waals surface area contributed by atoms with Gasteiger partial charge in [-0.3, -0.25) is 14.4 Å². The number of carbonyl (C=O) groups is 3. The first-order valence-electron chi connectivity index (χ1n) is 8.11. The van der Waals surface area contributed by atoms with Crippen LogP contribution < -0.4 is 5.32 Å². The molecule has 0 saturated carbocycles. The average molecular weight is 362 g/mol. The van der Waals surface area contributed by atoms with Crippen molar-refractivity contribution in [3.8, 4) is 0 Å². The summed E-state index contributed by atoms with van der Waals surface area (Å²) in [6.07, 6.45) is 0.975. The molecule has 1 N–H and O–H groups in total. The number of carbonyl (C=O) groups excluding carboxylic acids is 3. The Balaban J connectivity index is 1.84. The summed E-state index contributed by atoms with van der Waals surface area (Å²) in [7, 11) is 0. The number of ether oxygens (including phenoxy) is 1. The quantitative estimate of drug-likeness (QED) is 0.579. The number of ketones is 1. The fourth-order valence-electron chi connectivity index (χ4n) is 2.57. The first kappa shape index (κ1) is 18.9. The zero-order chi connectivity index (χ0) is 18.4. The molecule has 0 aromatic carbocycles. The van der Waals surface area contributed by atoms with Crippen molar-refractivity contribution in [2.45, 2.75) is 33.7 Å². The zero-order valence-corrected chi connectivity index (χ0v) is 15.4. The third kappa shape index (κ3) is 4.79. The molecule has 0 atom stereocenters. The summed E-state index contributed by atoms with van der Waals surface area (Å²) in [6.45, 7) is 6.17. The summed E-state index contributed by atoms with van der Waals surface area (Å²) in [6, 6.07) is 5.24. The molecule has 0 spiro atoms. The van der Waals surface area contributed by atoms with E-state index in [2.05, 4.69) is 16.8 Å². The molecule has 2 heterocycles. The Morgan fingerprint density at radius 1 is 1.28 bits per heavy atom. The molecular weight excluding hydrogens is 340 g/mol. The molecule has 0 saturated heterocycles. The van der Waals surface area contributed by atoms with Crippen LogP contribution in [0.3, 0.4) is 0 Å². The van der Waals surface area contributed by atoms with Gasteiger partial charge >= 0.3 is 5.97 Å². The molecule has 0 aliphatic heterocycles. The molecule has 2 rings (SSSR count). The molecule has 2 aromatic heterocycles. The second-order valence-corrected chi connectivity index (χ2v) is 6.63. The normalized spacial score (nSPS) is 10.5. The predicted octanol–water partition coefficient (Wildman–Crippen LogP) is 2.73. The van der Waals surface area contributed by atoms with Gasteiger partial charge in [-0.25, -0.2) is 0 Å². The van der Waals surface area contributed by atoms with Crippen LogP contribution in [0.2, 0.25) is 0 Å². The van der Waals surface area contributed by atoms with Gasteiger partial charge in [0, 0.05) is 23.5 Å². The van der Waals surface area contributed by atoms with Crippen molar-refractivity contribution in [1.82, 2.24) is 9.88 Å². The van der Waals surface area contributed by atoms with Crippen LogP contribution in [0.15, 0.2) is 23.6 Å². The average Bonchev–Trinajstić information content (AvgIpc) is 3.22. The van der Waals surface area contributed by atoms with Gasteiger partial charge in [0.2, 0.25) is 5.78 Å². The van der Waals surface area contributed by atoms with Gasteiger partial charge < -0.3 is 14.6 Å². The van der Waals surface area contributed by atoms with Crippen molar-refractivity contribution in [2.24, 2.45) is 0 Å². The van der Waals surface area contributed by atoms with Crippen molar-refractivity contribution in [3.63, 3.8) is 0 Å². The lowest BCUT2D eigenvalue weighted by Gasteiger charge is -2.08. The van der Waals surface area contributed by atoms with E-state index < -0.39 is 5.97 Å². The van der Waals surface area contributed by atoms with Crippen LogP contribution in [0.4, 0.5) is 0 Å². The molecular formula is C18H22N2O4S. The minimum Gasteiger partial charge on any atom is -0.456 e. The van der Waals surface area contributed by atoms with Crippen molar-refractivity contribution in [2.75, 3.05) is 13.2 Å². The summed E-state index contributed by atoms with van der Waals surface area (Å²) in [5.41, 5.74) is 2.46. The number of esters is 1. The SMILES string of the molecule is CCCn1c(C)cc(C(=O)COC(=O)CNC(=O)c2cccs2)c1C. The highest BCUT2D eigenvalue weighted by molar-refractivity contribution is 7.12. The van der Waals surface area contributed by atoms with Crippen LogP contribution in [0.5, 0.6) is 0 Å². The van der Waals surface area contributed by atoms with E-state index in [0.29, 0.717) is 10.4 Å². The Hall–Kier alpha value is -2.41. The number of nitrogens with zero attached hydrogens (tertiary/aromatic N) is 1. The molecule has 0 aliphatic carbocycles. The monoisotopic (exact) mass is 362 g/mol. The zero-order valence-electron chi connectivity index (χ0n) is 14.6. The lowest BCUT2D eigenvalue weighted by atomic mass is 10.1. The molecule has 6 nitrogen and oxygen atoms in total. The number of aryl methyl sites for hydroxylation is 1. The number of thiophene rings is 1. The molecule has 0 fully saturated rings. The number of rotatable bonds is 8. The van der Waals surface area contributed by atoms with E-state index in [0.717, 1.165) is 24.4 Å². The maximum Gasteiger partial charge on any atom is 0.325 e. The number of nitrogens with one attached hydrogen (secondary N) is 1. The van der Waals surface area contributed by atoms with Crippen LogP contribution in [0, 0.1) is 13.8 Å². The molecule has 0 radical (unpaired) electrons. The van der Waals surface area contributed by atoms with E-state index in [1.165, 1.54) is 11.3 Å². The number of amides is 1. The number of Topliss-reactive ketones (excluding diaryl/α,β-unsaturated/α-hetero) is 1. The third-order valence-corrected chi connectivity index (χ3v) is 4.69. The number of hydrogen-bond acceptors (Lipinski definition) is 5. The summed E-state index contributed by atoms with van der Waals surface area (Å²) in [5, 5.41) is 4.25. The highest BCUT2D eigenvalue weighted by Gasteiger charge is 2.17. The Labute approximate surface area is 150 Å². The molecule has 1 amide bonds. The van der Waals surface area contributed by atoms with Crippen molar-refractivity contribution in [1.29, 1.82) is 0 Å². The standard InChI is InChI=1S/C18H22N2O4S/c1-4-7-20-12(2)9-14(13(20)3)15(21)11-24-17(22)10-19-18(23)16-6-5-8-25-16/h5-6,8-9H,4,7,10-11H2,1-3H3,(H,19,23). The summed E-state index contributed by atoms with van der Waals surface area (Å²) >= 11 is 1.29. The molecule has 0 aliphatic rings. The third-order valence-electron chi connectivity index (χ3n) is 3.82. The van der Waals surface area contributed by atoms with Gasteiger partial charge in [0.05, 0.1) is 4.88 Å². The van der Waals surface area contributed by atoms with Gasteiger partial charge in [0.1, 0.15) is 6.54 Å². The molecule has 134 valence electrons. The summed E-state index contributed by atoms with van der Waals surface area (Å²) in [5.74, 6) is -1.21. The molecule has 2 aromatic rings. The van der Waals surface area contributed by atoms with Crippen LogP contribution in [0.25, 0.3) is 0 Å². The van der Waals surface area contributed by atoms with Gasteiger partial charge in [-0.15, -0.1) is 11.3 Å². The first-order chi connectivity index (χ1) is 11.9. The topological polar surface area (TPSA) is 77.4 Å². The highest BCUT2D eigenvalue weighted by Crippen LogP contribution is 2.16. The summed E-state index contributed by atoms with van der Waals surface area (Å²) < 4.78 is 7.06. The highest BCUT2D eigenvalue weighted by atomic mass is 32.1. The van der Waals surface area contributed by atoms with Gasteiger partial charge in [-0.2, -0.15) is 0 Å². The van der Waals surface area contributed by atoms with Crippen molar-refractivity contribution < 1.29 is 19.1 Å². The van der Waals surface area contributed by atoms with Crippen LogP contribution in [0.1, 0.15) is 44.8 Å². The Bertz CT molecular complexity index is 762. The molecule has 0 bridgehead atoms. The Morgan fingerprint density at radius 3 is 2.68 bits per heavy atom. The van der Waals surface area contributed by atoms with Crippen molar-refractivity contribution in [3.05, 3.63) is 45.4 Å². The van der Waals surface area contributed by atoms with Gasteiger partial charge in [-0.05, 0) is 37.8 Å². The Morgan fingerprint density at radius 2 is 2.04 bits per heavy atom. The first-order valence-corrected chi connectivity index (χ1v) is 8.99. The number of aromatic nitrogens is 1. The molecule has 7 heteroatoms. The van der Waals surface area contributed by atoms with E-state index in [1.54, 1.807) is 17.5 Å². The molecule has 25 heavy (non-hydrogen) atoms. The van der Waals surface area contributed by atoms with Crippen LogP contribution >= 0.6 is 11.3 Å². The van der Waals surface area contributed by atoms with E-state index in [1.807, 2.05) is 19.9 Å². The second-order valence-electron chi connectivity index (χ2n) is 5.68. The lowest BCUT2D eigenvalue weighted by Crippen LogP contribution is -2.31. The fraction of sp³-hybridized carbons (Fsp3) is 0.389. The largest absolute Gasteiger partial charge is 0.456 e. The van der Waals surface area contributed by atoms with E-state index in [-0.39, 0.29) is 24.8 Å². The van der Waals surface area contributed by atoms with Gasteiger partial charge in [0.15, 0.2) is 6.61 Å². The van der Waals surface area contributed by atoms with E-state index >= 15 is 0 Å². The lowest BCUT2D eigenvalue weighted by molar-refractivity contribution is -0.141. The summed E-state index contributed by atoms with van der Waals surface area (Å²) in [4.78, 5) is 36.3. The van der Waals surface area contributed by atoms with Crippen molar-refractivity contribution >= 4 is 29.0 Å². The van der Waals surface area contributed by atoms with E-state index in [4.69, 9.17) is 4.74 Å². The fourth-order valence-corrected chi connectivity index (χ4v) is 3.21. The van der Waals surface area contributed by atoms with E-state index in [9.17, 15) is 14.4 Å². The number of hydrogen-bond donors (Lipinski definition) is 1. The van der Waals surface area contributed by atoms with Crippen LogP contribution in [-0.2, 0) is 16.1 Å². The van der Waals surface area contributed by atoms with Gasteiger partial charge in [-0.1, -0.05) is 13.0 Å². The minimum atomic E-state index is -0.638. The van der Waals surface area contributed by atoms with Gasteiger partial charge in [0.25, 0.3) is 5.91 Å². The maximum atomic E-state index is 12.3.